The minimum atomic E-state index is 0.498. The molecule has 0 spiro atoms. The molecule has 28 heavy (non-hydrogen) atoms. The second-order valence-electron chi connectivity index (χ2n) is 7.82. The fourth-order valence-corrected chi connectivity index (χ4v) is 3.84. The van der Waals surface area contributed by atoms with Crippen molar-refractivity contribution in [3.05, 3.63) is 47.5 Å². The summed E-state index contributed by atoms with van der Waals surface area (Å²) in [5, 5.41) is 15.4. The fraction of sp³-hybridized carbons (Fsp3) is 0.591. The van der Waals surface area contributed by atoms with E-state index in [9.17, 15) is 0 Å². The van der Waals surface area contributed by atoms with Gasteiger partial charge >= 0.3 is 0 Å². The Balaban J connectivity index is 1.64. The first-order valence-electron chi connectivity index (χ1n) is 10.6. The predicted octanol–water partition coefficient (Wildman–Crippen LogP) is 3.46. The molecule has 1 fully saturated rings. The second kappa shape index (κ2) is 10.2. The zero-order chi connectivity index (χ0) is 19.8. The van der Waals surface area contributed by atoms with Crippen LogP contribution in [-0.4, -0.2) is 33.3 Å². The molecule has 1 aromatic heterocycles. The van der Waals surface area contributed by atoms with Gasteiger partial charge in [-0.1, -0.05) is 51.0 Å². The van der Waals surface area contributed by atoms with E-state index in [4.69, 9.17) is 4.99 Å². The maximum absolute atomic E-state index is 4.90. The van der Waals surface area contributed by atoms with Gasteiger partial charge in [-0.15, -0.1) is 10.2 Å². The third kappa shape index (κ3) is 5.57. The number of nitrogens with zero attached hydrogens (tertiary/aromatic N) is 4. The van der Waals surface area contributed by atoms with Gasteiger partial charge in [-0.05, 0) is 36.8 Å². The molecule has 6 heteroatoms. The van der Waals surface area contributed by atoms with Crippen molar-refractivity contribution >= 4 is 5.96 Å². The summed E-state index contributed by atoms with van der Waals surface area (Å²) in [5.74, 6) is 2.62. The van der Waals surface area contributed by atoms with Crippen LogP contribution in [0.1, 0.15) is 56.5 Å². The molecule has 2 atom stereocenters. The van der Waals surface area contributed by atoms with E-state index in [1.165, 1.54) is 36.8 Å². The molecule has 1 aliphatic rings. The summed E-state index contributed by atoms with van der Waals surface area (Å²) in [4.78, 5) is 4.90. The van der Waals surface area contributed by atoms with E-state index in [-0.39, 0.29) is 0 Å². The van der Waals surface area contributed by atoms with Crippen molar-refractivity contribution < 1.29 is 0 Å². The largest absolute Gasteiger partial charge is 0.355 e. The molecule has 0 amide bonds. The smallest absolute Gasteiger partial charge is 0.191 e. The molecule has 1 aliphatic carbocycles. The highest BCUT2D eigenvalue weighted by Gasteiger charge is 2.22. The van der Waals surface area contributed by atoms with Gasteiger partial charge in [-0.2, -0.15) is 0 Å². The first kappa shape index (κ1) is 20.4. The Morgan fingerprint density at radius 2 is 2.07 bits per heavy atom. The predicted molar refractivity (Wildman–Crippen MR) is 114 cm³/mol. The lowest BCUT2D eigenvalue weighted by Gasteiger charge is -2.31. The first-order chi connectivity index (χ1) is 13.7. The lowest BCUT2D eigenvalue weighted by molar-refractivity contribution is 0.306. The van der Waals surface area contributed by atoms with Crippen molar-refractivity contribution in [2.75, 3.05) is 6.54 Å². The molecular formula is C22H34N6. The maximum Gasteiger partial charge on any atom is 0.191 e. The lowest BCUT2D eigenvalue weighted by Crippen LogP contribution is -2.47. The summed E-state index contributed by atoms with van der Waals surface area (Å²) in [6.07, 6.45) is 7.86. The molecule has 2 unspecified atom stereocenters. The normalized spacial score (nSPS) is 20.2. The van der Waals surface area contributed by atoms with Crippen LogP contribution in [0.15, 0.2) is 35.6 Å². The molecule has 2 N–H and O–H groups in total. The number of hydrogen-bond donors (Lipinski definition) is 2. The zero-order valence-electron chi connectivity index (χ0n) is 17.5. The number of guanidine groups is 1. The summed E-state index contributed by atoms with van der Waals surface area (Å²) in [6.45, 7) is 8.92. The minimum absolute atomic E-state index is 0.498. The average molecular weight is 383 g/mol. The first-order valence-corrected chi connectivity index (χ1v) is 10.6. The quantitative estimate of drug-likeness (QED) is 0.568. The van der Waals surface area contributed by atoms with Crippen LogP contribution in [0.2, 0.25) is 0 Å². The van der Waals surface area contributed by atoms with Crippen molar-refractivity contribution in [3.8, 4) is 0 Å². The van der Waals surface area contributed by atoms with Gasteiger partial charge in [0.1, 0.15) is 12.2 Å². The number of aryl methyl sites for hydroxylation is 2. The molecule has 0 bridgehead atoms. The minimum Gasteiger partial charge on any atom is -0.355 e. The van der Waals surface area contributed by atoms with Gasteiger partial charge in [0.05, 0.1) is 6.54 Å². The molecule has 1 saturated carbocycles. The van der Waals surface area contributed by atoms with Crippen molar-refractivity contribution in [2.45, 2.75) is 72.0 Å². The Bertz CT molecular complexity index is 766. The number of nitrogens with one attached hydrogen (secondary N) is 2. The molecule has 1 aromatic carbocycles. The monoisotopic (exact) mass is 382 g/mol. The molecule has 1 heterocycles. The average Bonchev–Trinajstić information content (AvgIpc) is 3.16. The van der Waals surface area contributed by atoms with E-state index in [2.05, 4.69) is 70.4 Å². The van der Waals surface area contributed by atoms with Gasteiger partial charge < -0.3 is 15.2 Å². The number of benzene rings is 1. The molecular weight excluding hydrogens is 348 g/mol. The van der Waals surface area contributed by atoms with Crippen LogP contribution in [0.5, 0.6) is 0 Å². The van der Waals surface area contributed by atoms with Crippen LogP contribution >= 0.6 is 0 Å². The molecule has 6 nitrogen and oxygen atoms in total. The molecule has 0 saturated heterocycles. The Kier molecular flexibility index (Phi) is 7.46. The van der Waals surface area contributed by atoms with E-state index in [1.807, 2.05) is 0 Å². The van der Waals surface area contributed by atoms with Gasteiger partial charge in [0.25, 0.3) is 0 Å². The van der Waals surface area contributed by atoms with Crippen LogP contribution in [-0.2, 0) is 19.5 Å². The Morgan fingerprint density at radius 1 is 1.25 bits per heavy atom. The lowest BCUT2D eigenvalue weighted by atomic mass is 9.86. The van der Waals surface area contributed by atoms with Crippen LogP contribution < -0.4 is 10.6 Å². The van der Waals surface area contributed by atoms with Crippen molar-refractivity contribution in [3.63, 3.8) is 0 Å². The van der Waals surface area contributed by atoms with Crippen LogP contribution in [0.4, 0.5) is 0 Å². The SMILES string of the molecule is CCc1nncn1CCNC(=NCc1ccccc1C)NC1CCCCC1C. The highest BCUT2D eigenvalue weighted by molar-refractivity contribution is 5.80. The summed E-state index contributed by atoms with van der Waals surface area (Å²) in [5.41, 5.74) is 2.56. The van der Waals surface area contributed by atoms with Gasteiger partial charge in [-0.25, -0.2) is 4.99 Å². The maximum atomic E-state index is 4.90. The van der Waals surface area contributed by atoms with Crippen molar-refractivity contribution in [2.24, 2.45) is 10.9 Å². The second-order valence-corrected chi connectivity index (χ2v) is 7.82. The fourth-order valence-electron chi connectivity index (χ4n) is 3.84. The summed E-state index contributed by atoms with van der Waals surface area (Å²) in [6, 6.07) is 8.96. The number of aromatic nitrogens is 3. The Morgan fingerprint density at radius 3 is 2.86 bits per heavy atom. The van der Waals surface area contributed by atoms with Crippen molar-refractivity contribution in [1.82, 2.24) is 25.4 Å². The van der Waals surface area contributed by atoms with Crippen LogP contribution in [0, 0.1) is 12.8 Å². The van der Waals surface area contributed by atoms with Gasteiger partial charge in [-0.3, -0.25) is 0 Å². The summed E-state index contributed by atoms with van der Waals surface area (Å²) >= 11 is 0. The highest BCUT2D eigenvalue weighted by atomic mass is 15.3. The summed E-state index contributed by atoms with van der Waals surface area (Å²) in [7, 11) is 0. The highest BCUT2D eigenvalue weighted by Crippen LogP contribution is 2.23. The number of aliphatic imine (C=N–C) groups is 1. The zero-order valence-corrected chi connectivity index (χ0v) is 17.5. The number of hydrogen-bond acceptors (Lipinski definition) is 3. The third-order valence-corrected chi connectivity index (χ3v) is 5.76. The Labute approximate surface area is 168 Å². The van der Waals surface area contributed by atoms with Crippen LogP contribution in [0.25, 0.3) is 0 Å². The molecule has 152 valence electrons. The molecule has 2 aromatic rings. The van der Waals surface area contributed by atoms with E-state index in [0.717, 1.165) is 31.3 Å². The van der Waals surface area contributed by atoms with E-state index >= 15 is 0 Å². The van der Waals surface area contributed by atoms with E-state index in [0.29, 0.717) is 18.5 Å². The van der Waals surface area contributed by atoms with E-state index < -0.39 is 0 Å². The third-order valence-electron chi connectivity index (χ3n) is 5.76. The number of rotatable bonds is 7. The topological polar surface area (TPSA) is 67.1 Å². The standard InChI is InChI=1S/C22H34N6/c1-4-21-27-25-16-28(21)14-13-23-22(26-20-12-8-6-10-18(20)3)24-15-19-11-7-5-9-17(19)2/h5,7,9,11,16,18,20H,4,6,8,10,12-15H2,1-3H3,(H2,23,24,26). The van der Waals surface area contributed by atoms with Gasteiger partial charge in [0.2, 0.25) is 0 Å². The van der Waals surface area contributed by atoms with Crippen molar-refractivity contribution in [1.29, 1.82) is 0 Å². The molecule has 3 rings (SSSR count). The Hall–Kier alpha value is -2.37. The van der Waals surface area contributed by atoms with Gasteiger partial charge in [0.15, 0.2) is 5.96 Å². The van der Waals surface area contributed by atoms with Gasteiger partial charge in [0, 0.05) is 25.6 Å². The molecule has 0 radical (unpaired) electrons. The van der Waals surface area contributed by atoms with E-state index in [1.54, 1.807) is 6.33 Å². The molecule has 0 aliphatic heterocycles. The summed E-state index contributed by atoms with van der Waals surface area (Å²) < 4.78 is 2.11. The van der Waals surface area contributed by atoms with Crippen LogP contribution in [0.3, 0.4) is 0 Å².